The number of benzene rings is 2. The Morgan fingerprint density at radius 2 is 1.61 bits per heavy atom. The van der Waals surface area contributed by atoms with Gasteiger partial charge in [0.15, 0.2) is 0 Å². The van der Waals surface area contributed by atoms with E-state index in [1.54, 1.807) is 24.4 Å². The third-order valence-electron chi connectivity index (χ3n) is 4.79. The minimum absolute atomic E-state index is 0.390. The van der Waals surface area contributed by atoms with Crippen LogP contribution in [0.25, 0.3) is 0 Å². The maximum absolute atomic E-state index is 12.5. The molecule has 0 aromatic heterocycles. The van der Waals surface area contributed by atoms with Crippen LogP contribution in [-0.4, -0.2) is 61.4 Å². The average Bonchev–Trinajstić information content (AvgIpc) is 2.80. The van der Waals surface area contributed by atoms with Crippen molar-refractivity contribution in [2.45, 2.75) is 33.2 Å². The van der Waals surface area contributed by atoms with Crippen molar-refractivity contribution in [3.05, 3.63) is 59.7 Å². The second kappa shape index (κ2) is 13.9. The maximum atomic E-state index is 12.5. The summed E-state index contributed by atoms with van der Waals surface area (Å²) in [5.74, 6) is 0.126. The third kappa shape index (κ3) is 8.73. The quantitative estimate of drug-likeness (QED) is 0.129. The molecule has 2 aromatic rings. The second-order valence-electron chi connectivity index (χ2n) is 7.52. The summed E-state index contributed by atoms with van der Waals surface area (Å²) in [6.07, 6.45) is 2.63. The fourth-order valence-corrected chi connectivity index (χ4v) is 5.85. The molecule has 7 nitrogen and oxygen atoms in total. The van der Waals surface area contributed by atoms with Gasteiger partial charge in [-0.15, -0.1) is 0 Å². The van der Waals surface area contributed by atoms with E-state index in [0.29, 0.717) is 37.7 Å². The Hall–Kier alpha value is -2.52. The van der Waals surface area contributed by atoms with Gasteiger partial charge in [-0.25, -0.2) is 4.79 Å². The van der Waals surface area contributed by atoms with E-state index in [2.05, 4.69) is 4.99 Å². The molecule has 0 radical (unpaired) electrons. The minimum Gasteiger partial charge on any atom is -0.423 e. The van der Waals surface area contributed by atoms with E-state index in [-0.39, 0.29) is 0 Å². The van der Waals surface area contributed by atoms with Crippen molar-refractivity contribution >= 4 is 26.7 Å². The highest BCUT2D eigenvalue weighted by Crippen LogP contribution is 2.21. The number of ether oxygens (including phenoxy) is 1. The zero-order valence-corrected chi connectivity index (χ0v) is 21.4. The number of esters is 1. The molecule has 33 heavy (non-hydrogen) atoms. The molecule has 0 aliphatic rings. The molecule has 0 spiro atoms. The molecule has 0 bridgehead atoms. The summed E-state index contributed by atoms with van der Waals surface area (Å²) >= 11 is 0. The molecule has 0 aliphatic carbocycles. The van der Waals surface area contributed by atoms with Gasteiger partial charge in [-0.1, -0.05) is 18.2 Å². The van der Waals surface area contributed by atoms with Crippen molar-refractivity contribution in [3.63, 3.8) is 0 Å². The molecule has 0 heterocycles. The zero-order valence-electron chi connectivity index (χ0n) is 20.4. The van der Waals surface area contributed by atoms with E-state index in [4.69, 9.17) is 18.0 Å². The first-order chi connectivity index (χ1) is 15.9. The molecule has 0 saturated heterocycles. The third-order valence-corrected chi connectivity index (χ3v) is 7.95. The molecule has 180 valence electrons. The highest BCUT2D eigenvalue weighted by molar-refractivity contribution is 6.60. The first kappa shape index (κ1) is 26.7. The van der Waals surface area contributed by atoms with E-state index in [1.807, 2.05) is 70.1 Å². The molecular weight excluding hydrogens is 436 g/mol. The van der Waals surface area contributed by atoms with Crippen molar-refractivity contribution in [1.82, 2.24) is 0 Å². The second-order valence-corrected chi connectivity index (χ2v) is 10.3. The Morgan fingerprint density at radius 3 is 2.18 bits per heavy atom. The van der Waals surface area contributed by atoms with Crippen molar-refractivity contribution in [2.75, 3.05) is 45.4 Å². The van der Waals surface area contributed by atoms with E-state index < -0.39 is 14.8 Å². The lowest BCUT2D eigenvalue weighted by Gasteiger charge is -2.28. The molecule has 0 N–H and O–H groups in total. The highest BCUT2D eigenvalue weighted by atomic mass is 28.4. The molecule has 0 saturated carbocycles. The predicted molar refractivity (Wildman–Crippen MR) is 135 cm³/mol. The van der Waals surface area contributed by atoms with Crippen molar-refractivity contribution in [2.24, 2.45) is 4.99 Å². The summed E-state index contributed by atoms with van der Waals surface area (Å²) in [5, 5.41) is 0. The summed E-state index contributed by atoms with van der Waals surface area (Å²) in [7, 11) is 1.27. The molecule has 0 aliphatic heterocycles. The number of rotatable bonds is 14. The monoisotopic (exact) mass is 472 g/mol. The van der Waals surface area contributed by atoms with Crippen LogP contribution in [0.2, 0.25) is 6.04 Å². The number of nitrogens with zero attached hydrogens (tertiary/aromatic N) is 2. The van der Waals surface area contributed by atoms with Crippen LogP contribution >= 0.6 is 0 Å². The first-order valence-corrected chi connectivity index (χ1v) is 13.4. The van der Waals surface area contributed by atoms with Crippen LogP contribution < -0.4 is 9.64 Å². The van der Waals surface area contributed by atoms with Crippen LogP contribution in [0.5, 0.6) is 5.75 Å². The maximum Gasteiger partial charge on any atom is 0.500 e. The SMILES string of the molecule is CCO[Si](CCC/N=C/c1ccc(C(=O)Oc2cccc(N(C)C)c2)cc1)(OCC)OCC. The van der Waals surface area contributed by atoms with E-state index >= 15 is 0 Å². The van der Waals surface area contributed by atoms with Gasteiger partial charge in [0.1, 0.15) is 5.75 Å². The van der Waals surface area contributed by atoms with Gasteiger partial charge in [0, 0.05) is 64.5 Å². The van der Waals surface area contributed by atoms with Gasteiger partial charge < -0.3 is 22.9 Å². The number of hydrogen-bond acceptors (Lipinski definition) is 7. The molecule has 0 unspecified atom stereocenters. The van der Waals surface area contributed by atoms with Gasteiger partial charge in [-0.2, -0.15) is 0 Å². The smallest absolute Gasteiger partial charge is 0.423 e. The Morgan fingerprint density at radius 1 is 0.970 bits per heavy atom. The Labute approximate surface area is 198 Å². The number of aliphatic imine (C=N–C) groups is 1. The van der Waals surface area contributed by atoms with E-state index in [1.165, 1.54) is 0 Å². The summed E-state index contributed by atoms with van der Waals surface area (Å²) in [6.45, 7) is 8.24. The summed E-state index contributed by atoms with van der Waals surface area (Å²) < 4.78 is 23.1. The lowest BCUT2D eigenvalue weighted by atomic mass is 10.1. The first-order valence-electron chi connectivity index (χ1n) is 11.4. The van der Waals surface area contributed by atoms with Crippen molar-refractivity contribution in [3.8, 4) is 5.75 Å². The summed E-state index contributed by atoms with van der Waals surface area (Å²) in [5.41, 5.74) is 2.38. The van der Waals surface area contributed by atoms with Gasteiger partial charge in [0.25, 0.3) is 0 Å². The van der Waals surface area contributed by atoms with Crippen LogP contribution in [0.3, 0.4) is 0 Å². The molecule has 0 atom stereocenters. The van der Waals surface area contributed by atoms with Gasteiger partial charge in [0.2, 0.25) is 0 Å². The number of carbonyl (C=O) groups excluding carboxylic acids is 1. The number of hydrogen-bond donors (Lipinski definition) is 0. The lowest BCUT2D eigenvalue weighted by molar-refractivity contribution is 0.0707. The van der Waals surface area contributed by atoms with Crippen molar-refractivity contribution < 1.29 is 22.8 Å². The highest BCUT2D eigenvalue weighted by Gasteiger charge is 2.39. The molecular formula is C25H36N2O5Si. The standard InChI is InChI=1S/C25H36N2O5Si/c1-6-29-33(30-7-2,31-8-3)18-10-17-26-20-21-13-15-22(16-14-21)25(28)32-24-12-9-11-23(19-24)27(4)5/h9,11-16,19-20H,6-8,10,17-18H2,1-5H3/b26-20+. The van der Waals surface area contributed by atoms with Gasteiger partial charge in [-0.05, 0) is 57.0 Å². The lowest BCUT2D eigenvalue weighted by Crippen LogP contribution is -2.46. The average molecular weight is 473 g/mol. The molecule has 8 heteroatoms. The Kier molecular flexibility index (Phi) is 11.3. The minimum atomic E-state index is -2.62. The van der Waals surface area contributed by atoms with E-state index in [9.17, 15) is 4.79 Å². The fraction of sp³-hybridized carbons (Fsp3) is 0.440. The van der Waals surface area contributed by atoms with Crippen LogP contribution in [0, 0.1) is 0 Å². The Bertz CT molecular complexity index is 870. The predicted octanol–water partition coefficient (Wildman–Crippen LogP) is 4.83. The largest absolute Gasteiger partial charge is 0.500 e. The number of carbonyl (C=O) groups is 1. The summed E-state index contributed by atoms with van der Waals surface area (Å²) in [4.78, 5) is 18.9. The van der Waals surface area contributed by atoms with Crippen LogP contribution in [-0.2, 0) is 13.3 Å². The van der Waals surface area contributed by atoms with Crippen LogP contribution in [0.4, 0.5) is 5.69 Å². The number of anilines is 1. The molecule has 2 aromatic carbocycles. The normalized spacial score (nSPS) is 11.7. The molecule has 2 rings (SSSR count). The zero-order chi connectivity index (χ0) is 24.1. The fourth-order valence-electron chi connectivity index (χ4n) is 3.25. The summed E-state index contributed by atoms with van der Waals surface area (Å²) in [6, 6.07) is 15.4. The van der Waals surface area contributed by atoms with Crippen molar-refractivity contribution in [1.29, 1.82) is 0 Å². The van der Waals surface area contributed by atoms with Gasteiger partial charge in [0.05, 0.1) is 5.56 Å². The van der Waals surface area contributed by atoms with Crippen LogP contribution in [0.1, 0.15) is 43.1 Å². The van der Waals surface area contributed by atoms with Gasteiger partial charge in [-0.3, -0.25) is 4.99 Å². The van der Waals surface area contributed by atoms with Gasteiger partial charge >= 0.3 is 14.8 Å². The molecule has 0 fully saturated rings. The Balaban J connectivity index is 1.88. The van der Waals surface area contributed by atoms with Crippen LogP contribution in [0.15, 0.2) is 53.5 Å². The topological polar surface area (TPSA) is 69.6 Å². The molecule has 0 amide bonds. The van der Waals surface area contributed by atoms with E-state index in [0.717, 1.165) is 23.7 Å².